The molecule has 0 spiro atoms. The van der Waals surface area contributed by atoms with Gasteiger partial charge in [0.1, 0.15) is 0 Å². The second-order valence-electron chi connectivity index (χ2n) is 9.93. The number of hydrogen-bond donors (Lipinski definition) is 0. The Morgan fingerprint density at radius 2 is 1.29 bits per heavy atom. The molecule has 5 rings (SSSR count). The minimum absolute atomic E-state index is 0.00736. The average molecular weight is 407 g/mol. The van der Waals surface area contributed by atoms with Crippen molar-refractivity contribution in [3.8, 4) is 27.9 Å². The van der Waals surface area contributed by atoms with E-state index in [4.69, 9.17) is 5.10 Å². The summed E-state index contributed by atoms with van der Waals surface area (Å²) in [7, 11) is 0. The maximum absolute atomic E-state index is 4.86. The van der Waals surface area contributed by atoms with Crippen LogP contribution in [-0.2, 0) is 10.8 Å². The Morgan fingerprint density at radius 3 is 1.97 bits per heavy atom. The summed E-state index contributed by atoms with van der Waals surface area (Å²) < 4.78 is 2.16. The van der Waals surface area contributed by atoms with E-state index >= 15 is 0 Å². The molecule has 4 aromatic rings. The number of aryl methyl sites for hydroxylation is 2. The zero-order chi connectivity index (χ0) is 22.0. The van der Waals surface area contributed by atoms with Gasteiger partial charge in [0.2, 0.25) is 0 Å². The number of aromatic nitrogens is 2. The van der Waals surface area contributed by atoms with E-state index in [0.29, 0.717) is 0 Å². The maximum Gasteiger partial charge on any atom is 0.0687 e. The van der Waals surface area contributed by atoms with E-state index < -0.39 is 0 Å². The number of para-hydroxylation sites is 1. The van der Waals surface area contributed by atoms with Gasteiger partial charge in [-0.2, -0.15) is 5.10 Å². The van der Waals surface area contributed by atoms with Crippen LogP contribution in [0.4, 0.5) is 0 Å². The van der Waals surface area contributed by atoms with Gasteiger partial charge in [-0.15, -0.1) is 0 Å². The predicted octanol–water partition coefficient (Wildman–Crippen LogP) is 7.39. The van der Waals surface area contributed by atoms with Crippen LogP contribution in [0.2, 0.25) is 0 Å². The van der Waals surface area contributed by atoms with Crippen molar-refractivity contribution in [3.05, 3.63) is 95.3 Å². The lowest BCUT2D eigenvalue weighted by Gasteiger charge is -2.47. The fourth-order valence-electron chi connectivity index (χ4n) is 5.25. The number of benzene rings is 3. The molecule has 1 aromatic heterocycles. The predicted molar refractivity (Wildman–Crippen MR) is 130 cm³/mol. The highest BCUT2D eigenvalue weighted by Crippen LogP contribution is 2.52. The molecule has 3 aromatic carbocycles. The molecule has 0 unspecified atom stereocenters. The summed E-state index contributed by atoms with van der Waals surface area (Å²) in [5.74, 6) is 0. The number of fused-ring (bicyclic) bond motifs is 3. The molecular weight excluding hydrogens is 376 g/mol. The Kier molecular flexibility index (Phi) is 4.27. The quantitative estimate of drug-likeness (QED) is 0.339. The molecule has 156 valence electrons. The van der Waals surface area contributed by atoms with Gasteiger partial charge >= 0.3 is 0 Å². The van der Waals surface area contributed by atoms with Crippen LogP contribution in [-0.4, -0.2) is 9.78 Å². The van der Waals surface area contributed by atoms with Crippen LogP contribution in [0.3, 0.4) is 0 Å². The van der Waals surface area contributed by atoms with E-state index in [0.717, 1.165) is 0 Å². The van der Waals surface area contributed by atoms with E-state index in [1.165, 1.54) is 50.3 Å². The summed E-state index contributed by atoms with van der Waals surface area (Å²) in [6.45, 7) is 13.8. The smallest absolute Gasteiger partial charge is 0.0687 e. The van der Waals surface area contributed by atoms with E-state index in [9.17, 15) is 0 Å². The van der Waals surface area contributed by atoms with E-state index in [1.807, 2.05) is 6.20 Å². The van der Waals surface area contributed by atoms with Crippen LogP contribution >= 0.6 is 0 Å². The van der Waals surface area contributed by atoms with Gasteiger partial charge < -0.3 is 0 Å². The fraction of sp³-hybridized carbons (Fsp3) is 0.276. The van der Waals surface area contributed by atoms with Crippen molar-refractivity contribution in [3.63, 3.8) is 0 Å². The molecule has 0 fully saturated rings. The van der Waals surface area contributed by atoms with Gasteiger partial charge in [0.05, 0.1) is 17.6 Å². The van der Waals surface area contributed by atoms with Crippen LogP contribution in [0.1, 0.15) is 50.1 Å². The molecule has 1 aliphatic heterocycles. The molecule has 0 saturated carbocycles. The zero-order valence-corrected chi connectivity index (χ0v) is 19.3. The highest BCUT2D eigenvalue weighted by atomic mass is 15.3. The van der Waals surface area contributed by atoms with Gasteiger partial charge in [0.25, 0.3) is 0 Å². The van der Waals surface area contributed by atoms with Gasteiger partial charge in [-0.05, 0) is 53.3 Å². The maximum atomic E-state index is 4.86. The van der Waals surface area contributed by atoms with Crippen LogP contribution in [0.15, 0.2) is 72.9 Å². The Balaban J connectivity index is 1.66. The number of hydrogen-bond acceptors (Lipinski definition) is 1. The third-order valence-corrected chi connectivity index (χ3v) is 7.70. The molecule has 0 amide bonds. The highest BCUT2D eigenvalue weighted by Gasteiger charge is 2.48. The molecule has 0 radical (unpaired) electrons. The summed E-state index contributed by atoms with van der Waals surface area (Å²) in [6, 6.07) is 24.2. The SMILES string of the molecule is Cc1cccc(C)c1-c1ccc(-c2cnn3c2C(C)(C)C(C)(C)c2ccccc2-3)cc1. The van der Waals surface area contributed by atoms with Crippen molar-refractivity contribution in [2.24, 2.45) is 0 Å². The monoisotopic (exact) mass is 406 g/mol. The van der Waals surface area contributed by atoms with Crippen molar-refractivity contribution in [2.45, 2.75) is 52.4 Å². The van der Waals surface area contributed by atoms with Crippen molar-refractivity contribution in [2.75, 3.05) is 0 Å². The minimum atomic E-state index is -0.0710. The van der Waals surface area contributed by atoms with Crippen LogP contribution < -0.4 is 0 Å². The van der Waals surface area contributed by atoms with Crippen molar-refractivity contribution in [1.29, 1.82) is 0 Å². The molecule has 0 bridgehead atoms. The molecule has 1 aliphatic rings. The summed E-state index contributed by atoms with van der Waals surface area (Å²) in [4.78, 5) is 0. The lowest BCUT2D eigenvalue weighted by atomic mass is 9.59. The van der Waals surface area contributed by atoms with Gasteiger partial charge in [-0.1, -0.05) is 88.4 Å². The Morgan fingerprint density at radius 1 is 0.677 bits per heavy atom. The van der Waals surface area contributed by atoms with E-state index in [-0.39, 0.29) is 10.8 Å². The minimum Gasteiger partial charge on any atom is -0.236 e. The third-order valence-electron chi connectivity index (χ3n) is 7.70. The first-order valence-electron chi connectivity index (χ1n) is 11.1. The first kappa shape index (κ1) is 19.8. The Hall–Kier alpha value is -3.13. The van der Waals surface area contributed by atoms with Crippen molar-refractivity contribution < 1.29 is 0 Å². The molecule has 0 N–H and O–H groups in total. The molecular formula is C29H30N2. The summed E-state index contributed by atoms with van der Waals surface area (Å²) in [5.41, 5.74) is 11.4. The average Bonchev–Trinajstić information content (AvgIpc) is 3.19. The Bertz CT molecular complexity index is 1270. The lowest BCUT2D eigenvalue weighted by molar-refractivity contribution is 0.276. The van der Waals surface area contributed by atoms with Crippen LogP contribution in [0.5, 0.6) is 0 Å². The third kappa shape index (κ3) is 2.74. The van der Waals surface area contributed by atoms with E-state index in [1.54, 1.807) is 0 Å². The zero-order valence-electron chi connectivity index (χ0n) is 19.3. The summed E-state index contributed by atoms with van der Waals surface area (Å²) in [6.07, 6.45) is 2.04. The lowest BCUT2D eigenvalue weighted by Crippen LogP contribution is -2.46. The van der Waals surface area contributed by atoms with E-state index in [2.05, 4.69) is 113 Å². The molecule has 2 heteroatoms. The number of rotatable bonds is 2. The van der Waals surface area contributed by atoms with Crippen LogP contribution in [0.25, 0.3) is 27.9 Å². The second kappa shape index (κ2) is 6.68. The van der Waals surface area contributed by atoms with Gasteiger partial charge in [-0.25, -0.2) is 4.68 Å². The van der Waals surface area contributed by atoms with Crippen molar-refractivity contribution >= 4 is 0 Å². The van der Waals surface area contributed by atoms with Crippen LogP contribution in [0, 0.1) is 13.8 Å². The summed E-state index contributed by atoms with van der Waals surface area (Å²) in [5, 5.41) is 4.86. The highest BCUT2D eigenvalue weighted by molar-refractivity contribution is 5.76. The summed E-state index contributed by atoms with van der Waals surface area (Å²) >= 11 is 0. The molecule has 2 heterocycles. The molecule has 2 nitrogen and oxygen atoms in total. The van der Waals surface area contributed by atoms with Gasteiger partial charge in [0.15, 0.2) is 0 Å². The normalized spacial score (nSPS) is 15.9. The molecule has 31 heavy (non-hydrogen) atoms. The van der Waals surface area contributed by atoms with Gasteiger partial charge in [-0.3, -0.25) is 0 Å². The molecule has 0 atom stereocenters. The largest absolute Gasteiger partial charge is 0.236 e. The fourth-order valence-corrected chi connectivity index (χ4v) is 5.25. The topological polar surface area (TPSA) is 17.8 Å². The van der Waals surface area contributed by atoms with Crippen molar-refractivity contribution in [1.82, 2.24) is 9.78 Å². The first-order chi connectivity index (χ1) is 14.7. The second-order valence-corrected chi connectivity index (χ2v) is 9.93. The molecule has 0 saturated heterocycles. The van der Waals surface area contributed by atoms with Gasteiger partial charge in [0, 0.05) is 16.4 Å². The first-order valence-corrected chi connectivity index (χ1v) is 11.1. The standard InChI is InChI=1S/C29H30N2/c1-19-10-9-11-20(2)26(19)22-16-14-21(15-17-22)23-18-30-31-25-13-8-7-12-24(25)28(3,4)29(5,6)27(23)31/h7-18H,1-6H3. The Labute approximate surface area is 185 Å². The number of nitrogens with zero attached hydrogens (tertiary/aromatic N) is 2. The molecule has 0 aliphatic carbocycles.